The molecule has 0 saturated carbocycles. The topological polar surface area (TPSA) is 37.2 Å². The lowest BCUT2D eigenvalue weighted by atomic mass is 9.65. The van der Waals surface area contributed by atoms with Crippen LogP contribution in [0.2, 0.25) is 0 Å². The fraction of sp³-hybridized carbons (Fsp3) is 0.222. The lowest BCUT2D eigenvalue weighted by Gasteiger charge is -2.14. The van der Waals surface area contributed by atoms with Gasteiger partial charge in [0.25, 0.3) is 0 Å². The molecule has 0 spiro atoms. The Kier molecular flexibility index (Phi) is 5.82. The van der Waals surface area contributed by atoms with Crippen LogP contribution >= 0.6 is 0 Å². The second kappa shape index (κ2) is 8.04. The summed E-state index contributed by atoms with van der Waals surface area (Å²) >= 11 is 0. The van der Waals surface area contributed by atoms with Crippen LogP contribution in [0.25, 0.3) is 0 Å². The molecule has 0 bridgehead atoms. The summed E-state index contributed by atoms with van der Waals surface area (Å²) in [5, 5.41) is 5.87. The summed E-state index contributed by atoms with van der Waals surface area (Å²) in [6.45, 7) is 8.74. The number of hydrazone groups is 1. The molecule has 0 aliphatic carbocycles. The fourth-order valence-corrected chi connectivity index (χ4v) is 2.25. The smallest absolute Gasteiger partial charge is 0.213 e. The molecule has 1 aromatic rings. The van der Waals surface area contributed by atoms with Crippen molar-refractivity contribution < 1.29 is 4.74 Å². The molecule has 1 heterocycles. The van der Waals surface area contributed by atoms with Gasteiger partial charge in [0.2, 0.25) is 7.28 Å². The third kappa shape index (κ3) is 4.62. The summed E-state index contributed by atoms with van der Waals surface area (Å²) < 4.78 is 5.82. The second-order valence-electron chi connectivity index (χ2n) is 5.19. The first kappa shape index (κ1) is 16.6. The van der Waals surface area contributed by atoms with Gasteiger partial charge in [0.15, 0.2) is 0 Å². The number of hydrogen-bond donors (Lipinski definition) is 0. The Hall–Kier alpha value is -2.74. The maximum atomic E-state index is 5.82. The van der Waals surface area contributed by atoms with Gasteiger partial charge in [0.1, 0.15) is 12.4 Å². The molecule has 0 unspecified atom stereocenters. The van der Waals surface area contributed by atoms with E-state index in [1.807, 2.05) is 31.3 Å². The quantitative estimate of drug-likeness (QED) is 0.336. The Morgan fingerprint density at radius 1 is 1.48 bits per heavy atom. The molecule has 0 radical (unpaired) electrons. The van der Waals surface area contributed by atoms with Crippen LogP contribution < -0.4 is 4.74 Å². The molecule has 1 aromatic carbocycles. The van der Waals surface area contributed by atoms with Crippen molar-refractivity contribution in [3.63, 3.8) is 0 Å². The van der Waals surface area contributed by atoms with Crippen molar-refractivity contribution in [3.05, 3.63) is 53.8 Å². The number of terminal acetylenes is 1. The van der Waals surface area contributed by atoms with E-state index in [4.69, 9.17) is 11.2 Å². The number of allylic oxidation sites excluding steroid dienone is 1. The number of hydrogen-bond acceptors (Lipinski definition) is 4. The second-order valence-corrected chi connectivity index (χ2v) is 5.19. The molecule has 0 fully saturated rings. The van der Waals surface area contributed by atoms with Gasteiger partial charge in [0, 0.05) is 29.8 Å². The van der Waals surface area contributed by atoms with Gasteiger partial charge in [-0.2, -0.15) is 5.10 Å². The summed E-state index contributed by atoms with van der Waals surface area (Å²) in [6, 6.07) is 5.81. The van der Waals surface area contributed by atoms with Crippen molar-refractivity contribution in [3.8, 4) is 18.1 Å². The lowest BCUT2D eigenvalue weighted by molar-refractivity contribution is 0.260. The van der Waals surface area contributed by atoms with E-state index in [0.717, 1.165) is 29.8 Å². The van der Waals surface area contributed by atoms with E-state index in [-0.39, 0.29) is 0 Å². The first-order valence-electron chi connectivity index (χ1n) is 7.51. The van der Waals surface area contributed by atoms with Crippen LogP contribution in [-0.4, -0.2) is 37.3 Å². The Labute approximate surface area is 138 Å². The Bertz CT molecular complexity index is 713. The number of ether oxygens (including phenoxy) is 1. The first-order chi connectivity index (χ1) is 11.2. The average Bonchev–Trinajstić information content (AvgIpc) is 3.00. The van der Waals surface area contributed by atoms with Gasteiger partial charge >= 0.3 is 0 Å². The van der Waals surface area contributed by atoms with Gasteiger partial charge in [-0.15, -0.1) is 6.42 Å². The minimum Gasteiger partial charge on any atom is -0.492 e. The molecule has 1 aliphatic rings. The van der Waals surface area contributed by atoms with Gasteiger partial charge < -0.3 is 4.74 Å². The minimum atomic E-state index is 0.487. The van der Waals surface area contributed by atoms with Crippen LogP contribution in [0.15, 0.2) is 52.7 Å². The molecule has 0 aromatic heterocycles. The number of benzene rings is 1. The monoisotopic (exact) mass is 305 g/mol. The molecule has 2 rings (SSSR count). The van der Waals surface area contributed by atoms with Gasteiger partial charge in [-0.05, 0) is 30.7 Å². The highest BCUT2D eigenvalue weighted by molar-refractivity contribution is 6.84. The molecule has 4 nitrogen and oxygen atoms in total. The van der Waals surface area contributed by atoms with Crippen LogP contribution in [0, 0.1) is 12.3 Å². The third-order valence-corrected chi connectivity index (χ3v) is 3.36. The highest BCUT2D eigenvalue weighted by Crippen LogP contribution is 2.20. The van der Waals surface area contributed by atoms with Crippen molar-refractivity contribution in [2.45, 2.75) is 13.8 Å². The highest BCUT2D eigenvalue weighted by Gasteiger charge is 2.13. The van der Waals surface area contributed by atoms with Crippen LogP contribution in [0.1, 0.15) is 25.0 Å². The van der Waals surface area contributed by atoms with Gasteiger partial charge in [-0.3, -0.25) is 10.0 Å². The SMILES string of the molecule is C#Cc1cc(OCCN(C=C)/N=C\C)cc(C2=NC=C(C)B2)c1. The van der Waals surface area contributed by atoms with Crippen molar-refractivity contribution in [2.75, 3.05) is 13.2 Å². The summed E-state index contributed by atoms with van der Waals surface area (Å²) in [5.41, 5.74) is 4.06. The maximum Gasteiger partial charge on any atom is 0.213 e. The molecule has 1 aliphatic heterocycles. The van der Waals surface area contributed by atoms with Gasteiger partial charge in [0.05, 0.1) is 6.54 Å². The summed E-state index contributed by atoms with van der Waals surface area (Å²) in [6.07, 6.45) is 10.8. The number of nitrogens with zero attached hydrogens (tertiary/aromatic N) is 3. The molecule has 0 saturated heterocycles. The van der Waals surface area contributed by atoms with E-state index >= 15 is 0 Å². The normalized spacial score (nSPS) is 13.1. The average molecular weight is 305 g/mol. The fourth-order valence-electron chi connectivity index (χ4n) is 2.25. The van der Waals surface area contributed by atoms with Crippen molar-refractivity contribution >= 4 is 19.1 Å². The van der Waals surface area contributed by atoms with E-state index in [0.29, 0.717) is 13.2 Å². The third-order valence-electron chi connectivity index (χ3n) is 3.36. The zero-order valence-corrected chi connectivity index (χ0v) is 13.6. The van der Waals surface area contributed by atoms with Crippen molar-refractivity contribution in [1.29, 1.82) is 0 Å². The molecular formula is C18H20BN3O. The molecular weight excluding hydrogens is 285 g/mol. The molecule has 0 N–H and O–H groups in total. The molecule has 23 heavy (non-hydrogen) atoms. The van der Waals surface area contributed by atoms with E-state index in [9.17, 15) is 0 Å². The van der Waals surface area contributed by atoms with E-state index < -0.39 is 0 Å². The zero-order valence-electron chi connectivity index (χ0n) is 13.6. The lowest BCUT2D eigenvalue weighted by Crippen LogP contribution is -2.18. The van der Waals surface area contributed by atoms with Crippen LogP contribution in [0.4, 0.5) is 0 Å². The molecule has 116 valence electrons. The molecule has 5 heteroatoms. The predicted molar refractivity (Wildman–Crippen MR) is 98.4 cm³/mol. The summed E-state index contributed by atoms with van der Waals surface area (Å²) in [4.78, 5) is 4.44. The minimum absolute atomic E-state index is 0.487. The van der Waals surface area contributed by atoms with Crippen molar-refractivity contribution in [2.24, 2.45) is 10.1 Å². The zero-order chi connectivity index (χ0) is 16.7. The van der Waals surface area contributed by atoms with Crippen LogP contribution in [0.5, 0.6) is 5.75 Å². The summed E-state index contributed by atoms with van der Waals surface area (Å²) in [5.74, 6) is 3.41. The van der Waals surface area contributed by atoms with Crippen molar-refractivity contribution in [1.82, 2.24) is 5.01 Å². The van der Waals surface area contributed by atoms with E-state index in [2.05, 4.69) is 29.5 Å². The standard InChI is InChI=1S/C18H20BN3O/c1-5-15-10-16(18-19-14(4)13-20-18)12-17(11-15)23-9-8-22(7-3)21-6-2/h1,6-7,10-13,19H,3,8-9H2,2,4H3/b21-6-. The number of aliphatic imine (C=N–C) groups is 1. The van der Waals surface area contributed by atoms with Crippen LogP contribution in [-0.2, 0) is 0 Å². The van der Waals surface area contributed by atoms with Gasteiger partial charge in [-0.1, -0.05) is 24.9 Å². The van der Waals surface area contributed by atoms with Crippen LogP contribution in [0.3, 0.4) is 0 Å². The highest BCUT2D eigenvalue weighted by atomic mass is 16.5. The first-order valence-corrected chi connectivity index (χ1v) is 7.51. The van der Waals surface area contributed by atoms with Gasteiger partial charge in [-0.25, -0.2) is 0 Å². The van der Waals surface area contributed by atoms with E-state index in [1.54, 1.807) is 17.4 Å². The molecule has 0 amide bonds. The number of rotatable bonds is 7. The van der Waals surface area contributed by atoms with E-state index in [1.165, 1.54) is 5.47 Å². The molecule has 0 atom stereocenters. The Morgan fingerprint density at radius 2 is 2.30 bits per heavy atom. The largest absolute Gasteiger partial charge is 0.492 e. The maximum absolute atomic E-state index is 5.82. The Balaban J connectivity index is 2.07. The predicted octanol–water partition coefficient (Wildman–Crippen LogP) is 2.56. The summed E-state index contributed by atoms with van der Waals surface area (Å²) in [7, 11) is 0.850. The Morgan fingerprint density at radius 3 is 2.91 bits per heavy atom.